The van der Waals surface area contributed by atoms with Crippen molar-refractivity contribution in [1.82, 2.24) is 5.32 Å². The first-order valence-corrected chi connectivity index (χ1v) is 6.02. The van der Waals surface area contributed by atoms with Gasteiger partial charge in [-0.2, -0.15) is 0 Å². The monoisotopic (exact) mass is 223 g/mol. The maximum Gasteiger partial charge on any atom is 0.227 e. The van der Waals surface area contributed by atoms with E-state index in [0.717, 1.165) is 5.56 Å². The maximum atomic E-state index is 11.2. The van der Waals surface area contributed by atoms with Gasteiger partial charge in [0.2, 0.25) is 5.91 Å². The Kier molecular flexibility index (Phi) is 12.6. The lowest BCUT2D eigenvalue weighted by Crippen LogP contribution is -2.23. The van der Waals surface area contributed by atoms with E-state index in [9.17, 15) is 4.79 Å². The second-order valence-electron chi connectivity index (χ2n) is 2.75. The lowest BCUT2D eigenvalue weighted by molar-refractivity contribution is -0.121. The zero-order valence-electron chi connectivity index (χ0n) is 11.4. The van der Waals surface area contributed by atoms with E-state index < -0.39 is 0 Å². The van der Waals surface area contributed by atoms with Gasteiger partial charge in [-0.3, -0.25) is 4.79 Å². The minimum Gasteiger partial charge on any atom is -0.359 e. The summed E-state index contributed by atoms with van der Waals surface area (Å²) in [6, 6.07) is 9.74. The van der Waals surface area contributed by atoms with Crippen molar-refractivity contribution in [1.29, 1.82) is 0 Å². The molecule has 0 aromatic heterocycles. The van der Waals surface area contributed by atoms with E-state index in [1.54, 1.807) is 7.05 Å². The Morgan fingerprint density at radius 1 is 1.06 bits per heavy atom. The molecule has 0 spiro atoms. The summed E-state index contributed by atoms with van der Waals surface area (Å²) in [5.41, 5.74) is 1.05. The molecule has 0 heterocycles. The number of benzene rings is 1. The van der Waals surface area contributed by atoms with Crippen LogP contribution in [-0.4, -0.2) is 13.0 Å². The quantitative estimate of drug-likeness (QED) is 0.815. The molecular formula is C14H25NO. The zero-order chi connectivity index (χ0) is 13.0. The van der Waals surface area contributed by atoms with Crippen LogP contribution in [-0.2, 0) is 4.79 Å². The molecule has 0 fully saturated rings. The second kappa shape index (κ2) is 11.8. The fourth-order valence-corrected chi connectivity index (χ4v) is 1.11. The fraction of sp³-hybridized carbons (Fsp3) is 0.500. The summed E-state index contributed by atoms with van der Waals surface area (Å²) in [4.78, 5) is 11.2. The third-order valence-electron chi connectivity index (χ3n) is 1.94. The van der Waals surface area contributed by atoms with E-state index in [0.29, 0.717) is 0 Å². The molecule has 16 heavy (non-hydrogen) atoms. The van der Waals surface area contributed by atoms with Crippen molar-refractivity contribution in [2.45, 2.75) is 40.5 Å². The lowest BCUT2D eigenvalue weighted by Gasteiger charge is -2.08. The summed E-state index contributed by atoms with van der Waals surface area (Å²) >= 11 is 0. The van der Waals surface area contributed by atoms with E-state index in [-0.39, 0.29) is 11.8 Å². The van der Waals surface area contributed by atoms with Gasteiger partial charge in [0.15, 0.2) is 0 Å². The molecule has 0 aliphatic rings. The largest absolute Gasteiger partial charge is 0.359 e. The van der Waals surface area contributed by atoms with Gasteiger partial charge in [0, 0.05) is 7.05 Å². The Labute approximate surface area is 100 Å². The Bertz CT molecular complexity index is 257. The van der Waals surface area contributed by atoms with E-state index in [4.69, 9.17) is 0 Å². The topological polar surface area (TPSA) is 29.1 Å². The van der Waals surface area contributed by atoms with Crippen LogP contribution < -0.4 is 5.32 Å². The number of nitrogens with one attached hydrogen (secondary N) is 1. The van der Waals surface area contributed by atoms with Crippen LogP contribution in [0.4, 0.5) is 0 Å². The van der Waals surface area contributed by atoms with Crippen LogP contribution >= 0.6 is 0 Å². The van der Waals surface area contributed by atoms with Crippen LogP contribution in [0.15, 0.2) is 30.3 Å². The van der Waals surface area contributed by atoms with Gasteiger partial charge < -0.3 is 5.32 Å². The molecular weight excluding hydrogens is 198 g/mol. The number of amides is 1. The molecule has 1 aromatic rings. The predicted molar refractivity (Wildman–Crippen MR) is 71.6 cm³/mol. The number of likely N-dealkylation sites (N-methyl/N-ethyl adjacent to an activating group) is 1. The fourth-order valence-electron chi connectivity index (χ4n) is 1.11. The van der Waals surface area contributed by atoms with Crippen LogP contribution in [0.3, 0.4) is 0 Å². The first-order chi connectivity index (χ1) is 7.75. The Balaban J connectivity index is 0. The molecule has 1 unspecified atom stereocenters. The molecule has 2 heteroatoms. The van der Waals surface area contributed by atoms with Crippen molar-refractivity contribution in [2.24, 2.45) is 0 Å². The smallest absolute Gasteiger partial charge is 0.227 e. The molecule has 2 nitrogen and oxygen atoms in total. The number of hydrogen-bond donors (Lipinski definition) is 1. The summed E-state index contributed by atoms with van der Waals surface area (Å²) in [6.45, 7) is 9.90. The van der Waals surface area contributed by atoms with Gasteiger partial charge >= 0.3 is 0 Å². The van der Waals surface area contributed by atoms with Gasteiger partial charge in [0.25, 0.3) is 0 Å². The second-order valence-corrected chi connectivity index (χ2v) is 2.75. The lowest BCUT2D eigenvalue weighted by atomic mass is 10.0. The SMILES string of the molecule is CC.CC.CNC(=O)C(C)c1ccccc1. The molecule has 1 rings (SSSR count). The zero-order valence-corrected chi connectivity index (χ0v) is 11.4. The highest BCUT2D eigenvalue weighted by atomic mass is 16.1. The number of carbonyl (C=O) groups excluding carboxylic acids is 1. The van der Waals surface area contributed by atoms with Crippen molar-refractivity contribution in [3.8, 4) is 0 Å². The van der Waals surface area contributed by atoms with Gasteiger partial charge in [-0.05, 0) is 12.5 Å². The molecule has 0 aliphatic carbocycles. The summed E-state index contributed by atoms with van der Waals surface area (Å²) in [5.74, 6) is -0.00241. The van der Waals surface area contributed by atoms with Crippen LogP contribution in [0.25, 0.3) is 0 Å². The van der Waals surface area contributed by atoms with Crippen LogP contribution in [0.1, 0.15) is 46.1 Å². The van der Waals surface area contributed by atoms with Gasteiger partial charge in [-0.25, -0.2) is 0 Å². The molecule has 0 radical (unpaired) electrons. The van der Waals surface area contributed by atoms with E-state index >= 15 is 0 Å². The normalized spacial score (nSPS) is 9.88. The third-order valence-corrected chi connectivity index (χ3v) is 1.94. The molecule has 1 aromatic carbocycles. The van der Waals surface area contributed by atoms with Crippen molar-refractivity contribution >= 4 is 5.91 Å². The highest BCUT2D eigenvalue weighted by molar-refractivity contribution is 5.82. The Hall–Kier alpha value is -1.31. The molecule has 1 amide bonds. The third kappa shape index (κ3) is 6.23. The van der Waals surface area contributed by atoms with Gasteiger partial charge in [0.1, 0.15) is 0 Å². The molecule has 92 valence electrons. The van der Waals surface area contributed by atoms with Crippen LogP contribution in [0, 0.1) is 0 Å². The first-order valence-electron chi connectivity index (χ1n) is 6.02. The van der Waals surface area contributed by atoms with Crippen molar-refractivity contribution in [3.63, 3.8) is 0 Å². The molecule has 0 bridgehead atoms. The first kappa shape index (κ1) is 17.1. The van der Waals surface area contributed by atoms with E-state index in [2.05, 4.69) is 5.32 Å². The number of rotatable bonds is 2. The molecule has 0 aliphatic heterocycles. The van der Waals surface area contributed by atoms with Crippen LogP contribution in [0.5, 0.6) is 0 Å². The van der Waals surface area contributed by atoms with Gasteiger partial charge in [0.05, 0.1) is 5.92 Å². The minimum absolute atomic E-state index is 0.0567. The molecule has 1 atom stereocenters. The molecule has 0 saturated heterocycles. The number of hydrogen-bond acceptors (Lipinski definition) is 1. The average Bonchev–Trinajstić information content (AvgIpc) is 2.42. The summed E-state index contributed by atoms with van der Waals surface area (Å²) < 4.78 is 0. The highest BCUT2D eigenvalue weighted by Crippen LogP contribution is 2.13. The maximum absolute atomic E-state index is 11.2. The van der Waals surface area contributed by atoms with Crippen LogP contribution in [0.2, 0.25) is 0 Å². The van der Waals surface area contributed by atoms with Crippen molar-refractivity contribution < 1.29 is 4.79 Å². The standard InChI is InChI=1S/C10H13NO.2C2H6/c1-8(10(12)11-2)9-6-4-3-5-7-9;2*1-2/h3-8H,1-2H3,(H,11,12);2*1-2H3. The summed E-state index contributed by atoms with van der Waals surface area (Å²) in [6.07, 6.45) is 0. The number of carbonyl (C=O) groups is 1. The summed E-state index contributed by atoms with van der Waals surface area (Å²) in [5, 5.41) is 2.62. The van der Waals surface area contributed by atoms with Gasteiger partial charge in [-0.15, -0.1) is 0 Å². The predicted octanol–water partition coefficient (Wildman–Crippen LogP) is 3.59. The summed E-state index contributed by atoms with van der Waals surface area (Å²) in [7, 11) is 1.65. The molecule has 1 N–H and O–H groups in total. The van der Waals surface area contributed by atoms with E-state index in [1.807, 2.05) is 65.0 Å². The van der Waals surface area contributed by atoms with E-state index in [1.165, 1.54) is 0 Å². The Morgan fingerprint density at radius 3 is 1.88 bits per heavy atom. The minimum atomic E-state index is -0.0591. The Morgan fingerprint density at radius 2 is 1.50 bits per heavy atom. The van der Waals surface area contributed by atoms with Crippen molar-refractivity contribution in [2.75, 3.05) is 7.05 Å². The van der Waals surface area contributed by atoms with Crippen molar-refractivity contribution in [3.05, 3.63) is 35.9 Å². The van der Waals surface area contributed by atoms with Gasteiger partial charge in [-0.1, -0.05) is 58.0 Å². The highest BCUT2D eigenvalue weighted by Gasteiger charge is 2.11. The average molecular weight is 223 g/mol. The molecule has 0 saturated carbocycles.